The van der Waals surface area contributed by atoms with Crippen LogP contribution in [0.25, 0.3) is 0 Å². The summed E-state index contributed by atoms with van der Waals surface area (Å²) in [6, 6.07) is 0.683. The first kappa shape index (κ1) is 13.7. The van der Waals surface area contributed by atoms with Crippen LogP contribution >= 0.6 is 11.3 Å². The molecule has 1 heterocycles. The van der Waals surface area contributed by atoms with Crippen LogP contribution < -0.4 is 5.32 Å². The van der Waals surface area contributed by atoms with Gasteiger partial charge in [0.05, 0.1) is 4.88 Å². The molecule has 1 rings (SSSR count). The predicted octanol–water partition coefficient (Wildman–Crippen LogP) is 0.930. The Labute approximate surface area is 103 Å². The Bertz CT molecular complexity index is 408. The molecule has 0 fully saturated rings. The number of thiophene rings is 1. The van der Waals surface area contributed by atoms with Crippen LogP contribution in [0.2, 0.25) is 0 Å². The summed E-state index contributed by atoms with van der Waals surface area (Å²) >= 11 is 1.33. The number of carbonyl (C=O) groups is 2. The summed E-state index contributed by atoms with van der Waals surface area (Å²) in [6.07, 6.45) is 0.00438. The van der Waals surface area contributed by atoms with Crippen molar-refractivity contribution in [2.75, 3.05) is 6.61 Å². The van der Waals surface area contributed by atoms with E-state index in [4.69, 9.17) is 10.2 Å². The second-order valence-electron chi connectivity index (χ2n) is 3.73. The Morgan fingerprint density at radius 1 is 1.47 bits per heavy atom. The smallest absolute Gasteiger partial charge is 0.326 e. The van der Waals surface area contributed by atoms with Crippen LogP contribution in [0, 0.1) is 13.8 Å². The fourth-order valence-corrected chi connectivity index (χ4v) is 2.24. The lowest BCUT2D eigenvalue weighted by Gasteiger charge is -2.12. The molecule has 94 valence electrons. The lowest BCUT2D eigenvalue weighted by Crippen LogP contribution is -2.41. The van der Waals surface area contributed by atoms with Crippen molar-refractivity contribution < 1.29 is 19.8 Å². The van der Waals surface area contributed by atoms with Gasteiger partial charge in [-0.05, 0) is 25.5 Å². The van der Waals surface area contributed by atoms with Crippen LogP contribution in [0.1, 0.15) is 26.5 Å². The van der Waals surface area contributed by atoms with E-state index in [-0.39, 0.29) is 13.0 Å². The second-order valence-corrected chi connectivity index (χ2v) is 4.98. The number of carbonyl (C=O) groups excluding carboxylic acids is 1. The minimum absolute atomic E-state index is 0.00438. The number of aliphatic hydroxyl groups is 1. The molecule has 0 spiro atoms. The quantitative estimate of drug-likeness (QED) is 0.732. The fourth-order valence-electron chi connectivity index (χ4n) is 1.30. The number of aliphatic hydroxyl groups excluding tert-OH is 1. The monoisotopic (exact) mass is 257 g/mol. The molecule has 0 aromatic carbocycles. The average molecular weight is 257 g/mol. The third-order valence-electron chi connectivity index (χ3n) is 2.41. The van der Waals surface area contributed by atoms with E-state index in [0.29, 0.717) is 4.88 Å². The summed E-state index contributed by atoms with van der Waals surface area (Å²) in [5, 5.41) is 19.9. The zero-order valence-electron chi connectivity index (χ0n) is 9.69. The molecule has 1 atom stereocenters. The first-order chi connectivity index (χ1) is 7.95. The van der Waals surface area contributed by atoms with Crippen LogP contribution in [0.4, 0.5) is 0 Å². The molecule has 0 bridgehead atoms. The van der Waals surface area contributed by atoms with E-state index in [1.165, 1.54) is 11.3 Å². The molecule has 0 saturated carbocycles. The van der Waals surface area contributed by atoms with Gasteiger partial charge in [0.15, 0.2) is 0 Å². The van der Waals surface area contributed by atoms with Gasteiger partial charge in [-0.3, -0.25) is 4.79 Å². The van der Waals surface area contributed by atoms with Gasteiger partial charge in [0.2, 0.25) is 0 Å². The Hall–Kier alpha value is -1.40. The molecule has 6 heteroatoms. The molecular formula is C11H15NO4S. The minimum Gasteiger partial charge on any atom is -0.480 e. The molecule has 1 amide bonds. The number of hydrogen-bond donors (Lipinski definition) is 3. The second kappa shape index (κ2) is 5.79. The predicted molar refractivity (Wildman–Crippen MR) is 64.4 cm³/mol. The first-order valence-electron chi connectivity index (χ1n) is 5.17. The van der Waals surface area contributed by atoms with Crippen molar-refractivity contribution in [1.82, 2.24) is 5.32 Å². The Balaban J connectivity index is 2.73. The molecular weight excluding hydrogens is 242 g/mol. The van der Waals surface area contributed by atoms with E-state index in [1.54, 1.807) is 6.07 Å². The van der Waals surface area contributed by atoms with Gasteiger partial charge in [-0.25, -0.2) is 4.79 Å². The van der Waals surface area contributed by atoms with Gasteiger partial charge in [-0.1, -0.05) is 0 Å². The standard InChI is InChI=1S/C11H15NO4S/c1-6-5-9(17-7(6)2)10(14)12-8(3-4-13)11(15)16/h5,8,13H,3-4H2,1-2H3,(H,12,14)(H,15,16)/t8-/m1/s1. The third-order valence-corrected chi connectivity index (χ3v) is 3.56. The van der Waals surface area contributed by atoms with Gasteiger partial charge in [0, 0.05) is 17.9 Å². The van der Waals surface area contributed by atoms with Gasteiger partial charge >= 0.3 is 5.97 Å². The van der Waals surface area contributed by atoms with E-state index < -0.39 is 17.9 Å². The van der Waals surface area contributed by atoms with Crippen LogP contribution in [0.5, 0.6) is 0 Å². The maximum atomic E-state index is 11.8. The van der Waals surface area contributed by atoms with E-state index >= 15 is 0 Å². The molecule has 0 aliphatic heterocycles. The van der Waals surface area contributed by atoms with E-state index in [2.05, 4.69) is 5.32 Å². The molecule has 17 heavy (non-hydrogen) atoms. The van der Waals surface area contributed by atoms with Crippen molar-refractivity contribution in [2.45, 2.75) is 26.3 Å². The topological polar surface area (TPSA) is 86.6 Å². The number of aryl methyl sites for hydroxylation is 2. The Morgan fingerprint density at radius 2 is 2.12 bits per heavy atom. The maximum absolute atomic E-state index is 11.8. The molecule has 5 nitrogen and oxygen atoms in total. The maximum Gasteiger partial charge on any atom is 0.326 e. The lowest BCUT2D eigenvalue weighted by molar-refractivity contribution is -0.139. The Morgan fingerprint density at radius 3 is 2.53 bits per heavy atom. The van der Waals surface area contributed by atoms with Crippen molar-refractivity contribution in [3.05, 3.63) is 21.4 Å². The number of hydrogen-bond acceptors (Lipinski definition) is 4. The van der Waals surface area contributed by atoms with Gasteiger partial charge in [-0.15, -0.1) is 11.3 Å². The zero-order chi connectivity index (χ0) is 13.0. The molecule has 0 aliphatic carbocycles. The number of nitrogens with one attached hydrogen (secondary N) is 1. The number of carboxylic acids is 1. The Kier molecular flexibility index (Phi) is 4.65. The van der Waals surface area contributed by atoms with Gasteiger partial charge < -0.3 is 15.5 Å². The van der Waals surface area contributed by atoms with E-state index in [0.717, 1.165) is 10.4 Å². The van der Waals surface area contributed by atoms with Crippen molar-refractivity contribution in [2.24, 2.45) is 0 Å². The van der Waals surface area contributed by atoms with Crippen molar-refractivity contribution in [3.63, 3.8) is 0 Å². The van der Waals surface area contributed by atoms with Crippen molar-refractivity contribution >= 4 is 23.2 Å². The van der Waals surface area contributed by atoms with Gasteiger partial charge in [-0.2, -0.15) is 0 Å². The third kappa shape index (κ3) is 3.54. The largest absolute Gasteiger partial charge is 0.480 e. The number of amides is 1. The molecule has 1 aromatic rings. The first-order valence-corrected chi connectivity index (χ1v) is 5.99. The highest BCUT2D eigenvalue weighted by molar-refractivity contribution is 7.14. The summed E-state index contributed by atoms with van der Waals surface area (Å²) in [5.41, 5.74) is 1.01. The normalized spacial score (nSPS) is 12.2. The molecule has 0 saturated heterocycles. The number of carboxylic acid groups (broad SMARTS) is 1. The van der Waals surface area contributed by atoms with Crippen molar-refractivity contribution in [1.29, 1.82) is 0 Å². The number of rotatable bonds is 5. The summed E-state index contributed by atoms with van der Waals surface area (Å²) in [4.78, 5) is 24.1. The van der Waals surface area contributed by atoms with Crippen LogP contribution in [-0.2, 0) is 4.79 Å². The fraction of sp³-hybridized carbons (Fsp3) is 0.455. The highest BCUT2D eigenvalue weighted by Gasteiger charge is 2.21. The molecule has 0 aliphatic rings. The zero-order valence-corrected chi connectivity index (χ0v) is 10.5. The summed E-state index contributed by atoms with van der Waals surface area (Å²) < 4.78 is 0. The minimum atomic E-state index is -1.14. The average Bonchev–Trinajstić information content (AvgIpc) is 2.58. The van der Waals surface area contributed by atoms with Crippen molar-refractivity contribution in [3.8, 4) is 0 Å². The van der Waals surface area contributed by atoms with E-state index in [1.807, 2.05) is 13.8 Å². The van der Waals surface area contributed by atoms with Gasteiger partial charge in [0.1, 0.15) is 6.04 Å². The molecule has 3 N–H and O–H groups in total. The highest BCUT2D eigenvalue weighted by Crippen LogP contribution is 2.20. The summed E-state index contributed by atoms with van der Waals surface area (Å²) in [7, 11) is 0. The van der Waals surface area contributed by atoms with E-state index in [9.17, 15) is 9.59 Å². The van der Waals surface area contributed by atoms with Crippen LogP contribution in [-0.4, -0.2) is 34.7 Å². The van der Waals surface area contributed by atoms with Crippen LogP contribution in [0.15, 0.2) is 6.07 Å². The van der Waals surface area contributed by atoms with Gasteiger partial charge in [0.25, 0.3) is 5.91 Å². The summed E-state index contributed by atoms with van der Waals surface area (Å²) in [5.74, 6) is -1.55. The summed E-state index contributed by atoms with van der Waals surface area (Å²) in [6.45, 7) is 3.52. The molecule has 0 unspecified atom stereocenters. The highest BCUT2D eigenvalue weighted by atomic mass is 32.1. The lowest BCUT2D eigenvalue weighted by atomic mass is 10.2. The number of aliphatic carboxylic acids is 1. The SMILES string of the molecule is Cc1cc(C(=O)N[C@H](CCO)C(=O)O)sc1C. The van der Waals surface area contributed by atoms with Crippen LogP contribution in [0.3, 0.4) is 0 Å². The molecule has 1 aromatic heterocycles. The molecule has 0 radical (unpaired) electrons.